The van der Waals surface area contributed by atoms with Gasteiger partial charge in [0.2, 0.25) is 0 Å². The van der Waals surface area contributed by atoms with Crippen molar-refractivity contribution in [2.75, 3.05) is 39.4 Å². The molecule has 2 saturated carbocycles. The first-order valence-corrected chi connectivity index (χ1v) is 23.1. The van der Waals surface area contributed by atoms with Gasteiger partial charge in [0.15, 0.2) is 6.29 Å². The Balaban J connectivity index is 1.11. The van der Waals surface area contributed by atoms with Gasteiger partial charge in [0.05, 0.1) is 31.5 Å². The molecule has 3 heterocycles. The number of likely N-dealkylation sites (tertiary alicyclic amines) is 1. The molecule has 0 aromatic carbocycles. The van der Waals surface area contributed by atoms with E-state index >= 15 is 0 Å². The lowest BCUT2D eigenvalue weighted by atomic mass is 9.59. The third kappa shape index (κ3) is 10.1. The second-order valence-electron chi connectivity index (χ2n) is 19.8. The summed E-state index contributed by atoms with van der Waals surface area (Å²) in [7, 11) is 0. The summed E-state index contributed by atoms with van der Waals surface area (Å²) < 4.78 is 18.7. The average molecular weight is 776 g/mol. The highest BCUT2D eigenvalue weighted by atomic mass is 16.7. The Morgan fingerprint density at radius 1 is 1.00 bits per heavy atom. The summed E-state index contributed by atoms with van der Waals surface area (Å²) in [6.07, 6.45) is 13.9. The molecule has 4 fully saturated rings. The molecule has 5 rings (SSSR count). The van der Waals surface area contributed by atoms with E-state index in [2.05, 4.69) is 82.9 Å². The zero-order valence-electron chi connectivity index (χ0n) is 37.0. The molecule has 0 spiro atoms. The first-order chi connectivity index (χ1) is 26.2. The second kappa shape index (κ2) is 19.9. The van der Waals surface area contributed by atoms with Gasteiger partial charge >= 0.3 is 0 Å². The van der Waals surface area contributed by atoms with Crippen LogP contribution in [0.25, 0.3) is 0 Å². The van der Waals surface area contributed by atoms with Gasteiger partial charge in [-0.1, -0.05) is 79.9 Å². The molecule has 3 N–H and O–H groups in total. The van der Waals surface area contributed by atoms with Crippen molar-refractivity contribution >= 4 is 0 Å². The number of unbranched alkanes of at least 4 members (excludes halogenated alkanes) is 1. The summed E-state index contributed by atoms with van der Waals surface area (Å²) in [4.78, 5) is 3.03. The summed E-state index contributed by atoms with van der Waals surface area (Å²) >= 11 is 0. The number of hydrogen-bond donors (Lipinski definition) is 3. The Morgan fingerprint density at radius 3 is 2.49 bits per heavy atom. The van der Waals surface area contributed by atoms with E-state index in [4.69, 9.17) is 14.2 Å². The Bertz CT molecular complexity index is 1200. The molecule has 5 aliphatic rings. The van der Waals surface area contributed by atoms with Gasteiger partial charge < -0.3 is 29.7 Å². The number of hydrogen-bond acceptors (Lipinski definition) is 10. The van der Waals surface area contributed by atoms with Gasteiger partial charge in [-0.05, 0) is 132 Å². The minimum Gasteiger partial charge on any atom is -0.390 e. The molecule has 55 heavy (non-hydrogen) atoms. The molecular formula is C45H85N5O5. The van der Waals surface area contributed by atoms with Crippen molar-refractivity contribution in [3.63, 3.8) is 0 Å². The summed E-state index contributed by atoms with van der Waals surface area (Å²) in [5.41, 5.74) is 0.745. The number of nitrogens with one attached hydrogen (secondary N) is 1. The lowest BCUT2D eigenvalue weighted by Crippen LogP contribution is -2.64. The topological polar surface area (TPSA) is 111 Å². The molecule has 3 aliphatic heterocycles. The van der Waals surface area contributed by atoms with Crippen LogP contribution in [0.15, 0.2) is 10.3 Å². The number of aliphatic hydroxyl groups is 2. The van der Waals surface area contributed by atoms with E-state index in [1.807, 2.05) is 11.9 Å². The molecule has 0 aromatic rings. The van der Waals surface area contributed by atoms with Gasteiger partial charge in [-0.2, -0.15) is 5.11 Å². The van der Waals surface area contributed by atoms with Crippen LogP contribution in [-0.4, -0.2) is 114 Å². The van der Waals surface area contributed by atoms with Crippen molar-refractivity contribution in [2.24, 2.45) is 44.8 Å². The van der Waals surface area contributed by atoms with Crippen molar-refractivity contribution in [3.05, 3.63) is 0 Å². The quantitative estimate of drug-likeness (QED) is 0.119. The van der Waals surface area contributed by atoms with Crippen molar-refractivity contribution in [1.29, 1.82) is 0 Å². The molecule has 10 nitrogen and oxygen atoms in total. The number of fused-ring (bicyclic) bond motifs is 1. The van der Waals surface area contributed by atoms with Gasteiger partial charge in [-0.25, -0.2) is 0 Å². The highest BCUT2D eigenvalue weighted by Crippen LogP contribution is 2.59. The van der Waals surface area contributed by atoms with E-state index in [0.717, 1.165) is 63.1 Å². The van der Waals surface area contributed by atoms with E-state index < -0.39 is 18.5 Å². The molecule has 0 aromatic heterocycles. The normalized spacial score (nSPS) is 43.3. The van der Waals surface area contributed by atoms with E-state index in [0.29, 0.717) is 43.2 Å². The van der Waals surface area contributed by atoms with Crippen LogP contribution in [0.1, 0.15) is 159 Å². The van der Waals surface area contributed by atoms with Crippen LogP contribution in [0.3, 0.4) is 0 Å². The SMILES string of the molecule is CCCCC(C)CC1C(NCC)CC2C(C)N(C3(C)CCC(OCCCN4CC(COC5OC(CC)CC(C)C(O)C5O)N=N4)CC3(C)CC)CCCC12C. The lowest BCUT2D eigenvalue weighted by Gasteiger charge is -2.59. The van der Waals surface area contributed by atoms with Crippen molar-refractivity contribution in [2.45, 2.75) is 213 Å². The zero-order valence-corrected chi connectivity index (χ0v) is 37.0. The first kappa shape index (κ1) is 45.2. The molecule has 15 atom stereocenters. The zero-order chi connectivity index (χ0) is 40.0. The fraction of sp³-hybridized carbons (Fsp3) is 1.00. The van der Waals surface area contributed by atoms with Crippen molar-refractivity contribution < 1.29 is 24.4 Å². The molecule has 10 heteroatoms. The van der Waals surface area contributed by atoms with Crippen molar-refractivity contribution in [3.8, 4) is 0 Å². The summed E-state index contributed by atoms with van der Waals surface area (Å²) in [6, 6.07) is 1.10. The van der Waals surface area contributed by atoms with Crippen molar-refractivity contribution in [1.82, 2.24) is 15.2 Å². The molecule has 2 saturated heterocycles. The third-order valence-electron chi connectivity index (χ3n) is 16.2. The van der Waals surface area contributed by atoms with Gasteiger partial charge in [0, 0.05) is 30.8 Å². The Labute approximate surface area is 336 Å². The summed E-state index contributed by atoms with van der Waals surface area (Å²) in [6.45, 7) is 28.9. The van der Waals surface area contributed by atoms with Gasteiger partial charge in [-0.3, -0.25) is 9.91 Å². The van der Waals surface area contributed by atoms with Crippen LogP contribution in [0.4, 0.5) is 0 Å². The van der Waals surface area contributed by atoms with Gasteiger partial charge in [0.1, 0.15) is 12.1 Å². The van der Waals surface area contributed by atoms with Crippen LogP contribution in [-0.2, 0) is 14.2 Å². The molecule has 0 amide bonds. The maximum atomic E-state index is 10.7. The molecule has 2 aliphatic carbocycles. The Kier molecular flexibility index (Phi) is 16.4. The highest BCUT2D eigenvalue weighted by Gasteiger charge is 2.59. The van der Waals surface area contributed by atoms with E-state index in [1.54, 1.807) is 0 Å². The fourth-order valence-electron chi connectivity index (χ4n) is 12.2. The number of rotatable bonds is 18. The van der Waals surface area contributed by atoms with Crippen LogP contribution in [0.5, 0.6) is 0 Å². The maximum Gasteiger partial charge on any atom is 0.186 e. The van der Waals surface area contributed by atoms with Gasteiger partial charge in [-0.15, -0.1) is 0 Å². The summed E-state index contributed by atoms with van der Waals surface area (Å²) in [5, 5.41) is 36.1. The lowest BCUT2D eigenvalue weighted by molar-refractivity contribution is -0.224. The first-order valence-electron chi connectivity index (χ1n) is 23.1. The third-order valence-corrected chi connectivity index (χ3v) is 16.2. The van der Waals surface area contributed by atoms with Gasteiger partial charge in [0.25, 0.3) is 0 Å². The van der Waals surface area contributed by atoms with Crippen LogP contribution in [0.2, 0.25) is 0 Å². The Hall–Kier alpha value is -0.880. The number of ether oxygens (including phenoxy) is 3. The predicted octanol–water partition coefficient (Wildman–Crippen LogP) is 8.39. The van der Waals surface area contributed by atoms with Crippen LogP contribution < -0.4 is 5.32 Å². The number of nitrogens with zero attached hydrogens (tertiary/aromatic N) is 4. The summed E-state index contributed by atoms with van der Waals surface area (Å²) in [5.74, 6) is 2.26. The largest absolute Gasteiger partial charge is 0.390 e. The smallest absolute Gasteiger partial charge is 0.186 e. The van der Waals surface area contributed by atoms with E-state index in [1.165, 1.54) is 64.3 Å². The molecule has 0 bridgehead atoms. The predicted molar refractivity (Wildman–Crippen MR) is 222 cm³/mol. The van der Waals surface area contributed by atoms with E-state index in [9.17, 15) is 10.2 Å². The second-order valence-corrected chi connectivity index (χ2v) is 19.8. The van der Waals surface area contributed by atoms with E-state index in [-0.39, 0.29) is 29.0 Å². The molecule has 320 valence electrons. The standard InChI is InChI=1S/C45H85N5O5/c1-11-15-18-31(5)25-38-39(46-14-4)27-37-33(7)50(23-16-20-44(37,38)9)45(10)21-19-36(28-43(45,8)13-3)53-24-17-22-49-29-34(47-48-49)30-54-42-41(52)40(51)32(6)26-35(12-2)55-42/h31-42,46,51-52H,11-30H2,1-10H3. The maximum absolute atomic E-state index is 10.7. The van der Waals surface area contributed by atoms with Crippen LogP contribution >= 0.6 is 0 Å². The fourth-order valence-corrected chi connectivity index (χ4v) is 12.2. The minimum atomic E-state index is -1.07. The highest BCUT2D eigenvalue weighted by molar-refractivity contribution is 5.12. The molecular weight excluding hydrogens is 691 g/mol. The van der Waals surface area contributed by atoms with Crippen LogP contribution in [0, 0.1) is 34.5 Å². The molecule has 0 radical (unpaired) electrons. The average Bonchev–Trinajstić information content (AvgIpc) is 3.67. The molecule has 15 unspecified atom stereocenters. The Morgan fingerprint density at radius 2 is 1.78 bits per heavy atom. The number of aliphatic hydroxyl groups excluding tert-OH is 2. The monoisotopic (exact) mass is 776 g/mol. The minimum absolute atomic E-state index is 0.0408.